The molecule has 0 aliphatic carbocycles. The van der Waals surface area contributed by atoms with Gasteiger partial charge in [0.05, 0.1) is 0 Å². The van der Waals surface area contributed by atoms with Crippen LogP contribution in [0.4, 0.5) is 0 Å². The minimum Gasteiger partial charge on any atom is -0.298 e. The molecular weight excluding hydrogens is 220 g/mol. The van der Waals surface area contributed by atoms with Gasteiger partial charge in [-0.25, -0.2) is 0 Å². The minimum absolute atomic E-state index is 0.358. The molecule has 18 heavy (non-hydrogen) atoms. The summed E-state index contributed by atoms with van der Waals surface area (Å²) in [6.45, 7) is 4.35. The van der Waals surface area contributed by atoms with Gasteiger partial charge < -0.3 is 0 Å². The van der Waals surface area contributed by atoms with Crippen molar-refractivity contribution in [1.29, 1.82) is 0 Å². The number of hydrogen-bond acceptors (Lipinski definition) is 1. The van der Waals surface area contributed by atoms with Crippen LogP contribution in [0.5, 0.6) is 0 Å². The van der Waals surface area contributed by atoms with Gasteiger partial charge in [0.2, 0.25) is 0 Å². The average molecular weight is 238 g/mol. The molecule has 2 aromatic carbocycles. The highest BCUT2D eigenvalue weighted by molar-refractivity contribution is 5.74. The van der Waals surface area contributed by atoms with E-state index in [1.165, 1.54) is 16.7 Å². The lowest BCUT2D eigenvalue weighted by molar-refractivity contribution is 0.112. The van der Waals surface area contributed by atoms with Gasteiger partial charge in [-0.1, -0.05) is 62.4 Å². The summed E-state index contributed by atoms with van der Waals surface area (Å²) in [5.41, 5.74) is 4.64. The highest BCUT2D eigenvalue weighted by Gasteiger charge is 2.07. The molecular formula is C17H18O. The molecule has 0 amide bonds. The lowest BCUT2D eigenvalue weighted by atomic mass is 9.92. The number of aryl methyl sites for hydroxylation is 1. The third kappa shape index (κ3) is 2.67. The molecule has 0 saturated carbocycles. The van der Waals surface area contributed by atoms with Crippen LogP contribution in [0.2, 0.25) is 0 Å². The first-order chi connectivity index (χ1) is 8.74. The molecule has 92 valence electrons. The molecule has 0 radical (unpaired) electrons. The first-order valence-corrected chi connectivity index (χ1v) is 6.38. The summed E-state index contributed by atoms with van der Waals surface area (Å²) >= 11 is 0. The predicted octanol–water partition coefficient (Wildman–Crippen LogP) is 4.21. The van der Waals surface area contributed by atoms with Crippen molar-refractivity contribution in [3.63, 3.8) is 0 Å². The van der Waals surface area contributed by atoms with E-state index in [0.29, 0.717) is 5.92 Å². The van der Waals surface area contributed by atoms with Gasteiger partial charge in [0.15, 0.2) is 0 Å². The summed E-state index contributed by atoms with van der Waals surface area (Å²) in [6.07, 6.45) is 1.95. The molecule has 0 N–H and O–H groups in total. The summed E-state index contributed by atoms with van der Waals surface area (Å²) < 4.78 is 0. The highest BCUT2D eigenvalue weighted by Crippen LogP contribution is 2.24. The Morgan fingerprint density at radius 1 is 0.944 bits per heavy atom. The molecule has 0 saturated heterocycles. The smallest absolute Gasteiger partial charge is 0.150 e. The minimum atomic E-state index is 0.358. The average Bonchev–Trinajstić information content (AvgIpc) is 2.47. The van der Waals surface area contributed by atoms with Crippen molar-refractivity contribution >= 4 is 6.29 Å². The lowest BCUT2D eigenvalue weighted by Gasteiger charge is -2.13. The Morgan fingerprint density at radius 2 is 1.44 bits per heavy atom. The summed E-state index contributed by atoms with van der Waals surface area (Å²) in [7, 11) is 0. The fraction of sp³-hybridized carbons (Fsp3) is 0.235. The Bertz CT molecular complexity index is 508. The van der Waals surface area contributed by atoms with Gasteiger partial charge in [-0.3, -0.25) is 4.79 Å². The highest BCUT2D eigenvalue weighted by atomic mass is 16.1. The zero-order valence-corrected chi connectivity index (χ0v) is 10.9. The third-order valence-electron chi connectivity index (χ3n) is 3.46. The fourth-order valence-corrected chi connectivity index (χ4v) is 2.10. The van der Waals surface area contributed by atoms with E-state index in [2.05, 4.69) is 38.1 Å². The quantitative estimate of drug-likeness (QED) is 0.729. The van der Waals surface area contributed by atoms with Crippen LogP contribution in [0.15, 0.2) is 48.5 Å². The zero-order valence-electron chi connectivity index (χ0n) is 10.9. The number of carbonyl (C=O) groups is 1. The molecule has 0 aliphatic rings. The van der Waals surface area contributed by atoms with Gasteiger partial charge in [0, 0.05) is 11.5 Å². The first kappa shape index (κ1) is 12.6. The van der Waals surface area contributed by atoms with Crippen LogP contribution < -0.4 is 0 Å². The topological polar surface area (TPSA) is 17.1 Å². The molecule has 2 aromatic rings. The van der Waals surface area contributed by atoms with Gasteiger partial charge in [-0.05, 0) is 23.1 Å². The Kier molecular flexibility index (Phi) is 3.93. The van der Waals surface area contributed by atoms with Crippen molar-refractivity contribution in [3.8, 4) is 0 Å². The summed E-state index contributed by atoms with van der Waals surface area (Å²) in [4.78, 5) is 10.6. The lowest BCUT2D eigenvalue weighted by Crippen LogP contribution is -1.96. The molecule has 1 heteroatoms. The Hall–Kier alpha value is -1.89. The standard InChI is InChI=1S/C17H18O/c1-3-14-4-8-16(9-5-14)13(2)17-10-6-15(12-18)7-11-17/h4-13H,3H2,1-2H3. The third-order valence-corrected chi connectivity index (χ3v) is 3.46. The second-order valence-electron chi connectivity index (χ2n) is 4.60. The molecule has 1 unspecified atom stereocenters. The largest absolute Gasteiger partial charge is 0.298 e. The molecule has 0 aromatic heterocycles. The van der Waals surface area contributed by atoms with Gasteiger partial charge in [-0.15, -0.1) is 0 Å². The van der Waals surface area contributed by atoms with Crippen LogP contribution in [0.25, 0.3) is 0 Å². The van der Waals surface area contributed by atoms with Crippen LogP contribution >= 0.6 is 0 Å². The van der Waals surface area contributed by atoms with Gasteiger partial charge in [0.25, 0.3) is 0 Å². The molecule has 1 atom stereocenters. The fourth-order valence-electron chi connectivity index (χ4n) is 2.10. The van der Waals surface area contributed by atoms with E-state index in [9.17, 15) is 4.79 Å². The van der Waals surface area contributed by atoms with Crippen molar-refractivity contribution in [2.24, 2.45) is 0 Å². The number of rotatable bonds is 4. The second kappa shape index (κ2) is 5.63. The van der Waals surface area contributed by atoms with Crippen molar-refractivity contribution in [1.82, 2.24) is 0 Å². The normalized spacial score (nSPS) is 12.1. The van der Waals surface area contributed by atoms with E-state index in [1.54, 1.807) is 0 Å². The second-order valence-corrected chi connectivity index (χ2v) is 4.60. The SMILES string of the molecule is CCc1ccc(C(C)c2ccc(C=O)cc2)cc1. The van der Waals surface area contributed by atoms with Crippen LogP contribution in [0.3, 0.4) is 0 Å². The number of benzene rings is 2. The summed E-state index contributed by atoms with van der Waals surface area (Å²) in [5, 5.41) is 0. The van der Waals surface area contributed by atoms with Crippen LogP contribution in [-0.4, -0.2) is 6.29 Å². The van der Waals surface area contributed by atoms with Gasteiger partial charge in [0.1, 0.15) is 6.29 Å². The maximum absolute atomic E-state index is 10.6. The molecule has 0 heterocycles. The van der Waals surface area contributed by atoms with E-state index in [0.717, 1.165) is 18.3 Å². The maximum atomic E-state index is 10.6. The molecule has 2 rings (SSSR count). The molecule has 0 aliphatic heterocycles. The molecule has 0 fully saturated rings. The van der Waals surface area contributed by atoms with Crippen LogP contribution in [-0.2, 0) is 6.42 Å². The molecule has 1 nitrogen and oxygen atoms in total. The number of hydrogen-bond donors (Lipinski definition) is 0. The predicted molar refractivity (Wildman–Crippen MR) is 75.2 cm³/mol. The Labute approximate surface area is 108 Å². The van der Waals surface area contributed by atoms with E-state index < -0.39 is 0 Å². The summed E-state index contributed by atoms with van der Waals surface area (Å²) in [6, 6.07) is 16.6. The van der Waals surface area contributed by atoms with Crippen molar-refractivity contribution in [2.45, 2.75) is 26.2 Å². The number of carbonyl (C=O) groups excluding carboxylic acids is 1. The van der Waals surface area contributed by atoms with Gasteiger partial charge >= 0.3 is 0 Å². The van der Waals surface area contributed by atoms with E-state index >= 15 is 0 Å². The first-order valence-electron chi connectivity index (χ1n) is 6.38. The monoisotopic (exact) mass is 238 g/mol. The van der Waals surface area contributed by atoms with Crippen molar-refractivity contribution in [3.05, 3.63) is 70.8 Å². The Balaban J connectivity index is 2.22. The van der Waals surface area contributed by atoms with Crippen molar-refractivity contribution in [2.75, 3.05) is 0 Å². The van der Waals surface area contributed by atoms with Gasteiger partial charge in [-0.2, -0.15) is 0 Å². The molecule has 0 bridgehead atoms. The van der Waals surface area contributed by atoms with E-state index in [4.69, 9.17) is 0 Å². The van der Waals surface area contributed by atoms with Crippen LogP contribution in [0, 0.1) is 0 Å². The van der Waals surface area contributed by atoms with Crippen molar-refractivity contribution < 1.29 is 4.79 Å². The van der Waals surface area contributed by atoms with Crippen LogP contribution in [0.1, 0.15) is 46.8 Å². The molecule has 0 spiro atoms. The van der Waals surface area contributed by atoms with E-state index in [-0.39, 0.29) is 0 Å². The number of aldehydes is 1. The Morgan fingerprint density at radius 3 is 1.89 bits per heavy atom. The maximum Gasteiger partial charge on any atom is 0.150 e. The zero-order chi connectivity index (χ0) is 13.0. The summed E-state index contributed by atoms with van der Waals surface area (Å²) in [5.74, 6) is 0.358. The van der Waals surface area contributed by atoms with E-state index in [1.807, 2.05) is 24.3 Å².